The molecule has 2 aromatic heterocycles. The van der Waals surface area contributed by atoms with Gasteiger partial charge in [0, 0.05) is 23.9 Å². The molecule has 12 nitrogen and oxygen atoms in total. The minimum atomic E-state index is -1.28. The fourth-order valence-corrected chi connectivity index (χ4v) is 5.69. The number of nitrogens with zero attached hydrogens (tertiary/aromatic N) is 7. The molecule has 3 aromatic rings. The number of Topliss-reactive ketones (excluding diaryl/α,β-unsaturated/α-hetero) is 1. The molecular weight excluding hydrogens is 576 g/mol. The van der Waals surface area contributed by atoms with Crippen molar-refractivity contribution < 1.29 is 32.6 Å². The van der Waals surface area contributed by atoms with E-state index in [1.54, 1.807) is 0 Å². The first-order valence-corrected chi connectivity index (χ1v) is 13.2. The van der Waals surface area contributed by atoms with Crippen molar-refractivity contribution in [3.63, 3.8) is 0 Å². The van der Waals surface area contributed by atoms with E-state index in [0.717, 1.165) is 6.07 Å². The number of hydrogen-bond donors (Lipinski definition) is 0. The monoisotopic (exact) mass is 595 g/mol. The number of aromatic nitrogens is 5. The van der Waals surface area contributed by atoms with Crippen LogP contribution < -0.4 is 0 Å². The summed E-state index contributed by atoms with van der Waals surface area (Å²) in [6.07, 6.45) is 4.61. The van der Waals surface area contributed by atoms with Gasteiger partial charge in [-0.2, -0.15) is 9.94 Å². The molecule has 0 bridgehead atoms. The molecule has 6 rings (SSSR count). The Kier molecular flexibility index (Phi) is 6.99. The Morgan fingerprint density at radius 1 is 1.21 bits per heavy atom. The zero-order valence-electron chi connectivity index (χ0n) is 21.7. The van der Waals surface area contributed by atoms with Crippen molar-refractivity contribution in [3.05, 3.63) is 70.3 Å². The molecule has 0 N–H and O–H groups in total. The predicted molar refractivity (Wildman–Crippen MR) is 138 cm³/mol. The number of ketones is 1. The van der Waals surface area contributed by atoms with Gasteiger partial charge in [-0.05, 0) is 53.5 Å². The van der Waals surface area contributed by atoms with Crippen LogP contribution in [0.25, 0.3) is 11.3 Å². The van der Waals surface area contributed by atoms with Crippen LogP contribution in [0.5, 0.6) is 0 Å². The van der Waals surface area contributed by atoms with E-state index in [9.17, 15) is 19.6 Å². The van der Waals surface area contributed by atoms with Crippen LogP contribution in [-0.4, -0.2) is 79.7 Å². The lowest BCUT2D eigenvalue weighted by Gasteiger charge is -2.34. The molecular formula is C27H20ClF2N7O5. The quantitative estimate of drug-likeness (QED) is 0.294. The second kappa shape index (κ2) is 10.7. The van der Waals surface area contributed by atoms with Gasteiger partial charge in [0.05, 0.1) is 35.6 Å². The molecule has 42 heavy (non-hydrogen) atoms. The molecule has 3 aliphatic rings. The molecule has 0 spiro atoms. The molecule has 214 valence electrons. The van der Waals surface area contributed by atoms with Gasteiger partial charge >= 0.3 is 5.97 Å². The maximum Gasteiger partial charge on any atom is 0.329 e. The minimum absolute atomic E-state index is 0.0498. The van der Waals surface area contributed by atoms with Crippen molar-refractivity contribution in [1.82, 2.24) is 30.1 Å². The number of amides is 1. The number of esters is 1. The van der Waals surface area contributed by atoms with Crippen LogP contribution in [0.2, 0.25) is 5.02 Å². The standard InChI is InChI=1S/C27H20ClF2N7O5/c28-17-2-4-18(36-13-33-34-35-36)22(24(17)30)14-7-15-1-3-19(37(15)21(39)8-14)26(40)42-9-20(38)16-5-6-32-25(23(16)29)27(10-31)11-41-12-27/h2,4-6,8,13,15,19H,1,3,7,9,11-12H2/t15?,19-/m1/s1. The Morgan fingerprint density at radius 2 is 2.02 bits per heavy atom. The summed E-state index contributed by atoms with van der Waals surface area (Å²) in [5, 5.41) is 20.3. The van der Waals surface area contributed by atoms with Crippen molar-refractivity contribution in [2.75, 3.05) is 19.8 Å². The Labute approximate surface area is 241 Å². The highest BCUT2D eigenvalue weighted by atomic mass is 35.5. The highest BCUT2D eigenvalue weighted by Gasteiger charge is 2.46. The highest BCUT2D eigenvalue weighted by Crippen LogP contribution is 2.40. The fourth-order valence-electron chi connectivity index (χ4n) is 5.53. The lowest BCUT2D eigenvalue weighted by Crippen LogP contribution is -2.47. The van der Waals surface area contributed by atoms with E-state index >= 15 is 8.78 Å². The molecule has 2 saturated heterocycles. The summed E-state index contributed by atoms with van der Waals surface area (Å²) in [6.45, 7) is -0.875. The lowest BCUT2D eigenvalue weighted by molar-refractivity contribution is -0.152. The van der Waals surface area contributed by atoms with Gasteiger partial charge in [-0.25, -0.2) is 13.6 Å². The van der Waals surface area contributed by atoms with Gasteiger partial charge in [-0.3, -0.25) is 14.6 Å². The number of halogens is 3. The summed E-state index contributed by atoms with van der Waals surface area (Å²) in [7, 11) is 0. The third-order valence-electron chi connectivity index (χ3n) is 7.67. The van der Waals surface area contributed by atoms with E-state index in [4.69, 9.17) is 21.1 Å². The van der Waals surface area contributed by atoms with Crippen molar-refractivity contribution >= 4 is 34.8 Å². The molecule has 1 aromatic carbocycles. The van der Waals surface area contributed by atoms with E-state index in [0.29, 0.717) is 17.7 Å². The lowest BCUT2D eigenvalue weighted by atomic mass is 9.82. The molecule has 1 unspecified atom stereocenters. The predicted octanol–water partition coefficient (Wildman–Crippen LogP) is 2.35. The van der Waals surface area contributed by atoms with Crippen molar-refractivity contribution in [2.45, 2.75) is 36.8 Å². The Bertz CT molecular complexity index is 1690. The summed E-state index contributed by atoms with van der Waals surface area (Å²) in [4.78, 5) is 44.3. The van der Waals surface area contributed by atoms with Crippen LogP contribution in [0.1, 0.15) is 40.9 Å². The summed E-state index contributed by atoms with van der Waals surface area (Å²) in [6, 6.07) is 4.59. The summed E-state index contributed by atoms with van der Waals surface area (Å²) in [5.41, 5.74) is -1.12. The van der Waals surface area contributed by atoms with Gasteiger partial charge in [0.15, 0.2) is 18.2 Å². The molecule has 1 amide bonds. The van der Waals surface area contributed by atoms with Gasteiger partial charge < -0.3 is 14.4 Å². The second-order valence-electron chi connectivity index (χ2n) is 10.1. The zero-order valence-corrected chi connectivity index (χ0v) is 22.4. The normalized spacial score (nSPS) is 20.8. The maximum absolute atomic E-state index is 15.3. The highest BCUT2D eigenvalue weighted by molar-refractivity contribution is 6.31. The van der Waals surface area contributed by atoms with Crippen LogP contribution in [0.3, 0.4) is 0 Å². The minimum Gasteiger partial charge on any atom is -0.456 e. The Morgan fingerprint density at radius 3 is 2.71 bits per heavy atom. The smallest absolute Gasteiger partial charge is 0.329 e. The van der Waals surface area contributed by atoms with Crippen molar-refractivity contribution in [3.8, 4) is 11.8 Å². The summed E-state index contributed by atoms with van der Waals surface area (Å²) >= 11 is 6.05. The van der Waals surface area contributed by atoms with Crippen LogP contribution in [0.4, 0.5) is 8.78 Å². The molecule has 0 radical (unpaired) electrons. The number of carbonyl (C=O) groups excluding carboxylic acids is 3. The van der Waals surface area contributed by atoms with Gasteiger partial charge in [0.1, 0.15) is 23.5 Å². The average Bonchev–Trinajstić information content (AvgIpc) is 3.64. The average molecular weight is 596 g/mol. The summed E-state index contributed by atoms with van der Waals surface area (Å²) in [5.74, 6) is -3.89. The Hall–Kier alpha value is -4.61. The van der Waals surface area contributed by atoms with Gasteiger partial charge in [-0.1, -0.05) is 11.6 Å². The number of ether oxygens (including phenoxy) is 2. The molecule has 5 heterocycles. The number of rotatable bonds is 7. The molecule has 2 fully saturated rings. The van der Waals surface area contributed by atoms with Crippen LogP contribution in [0.15, 0.2) is 36.8 Å². The van der Waals surface area contributed by atoms with E-state index in [2.05, 4.69) is 20.5 Å². The number of benzene rings is 1. The third-order valence-corrected chi connectivity index (χ3v) is 7.96. The molecule has 2 atom stereocenters. The van der Waals surface area contributed by atoms with Crippen LogP contribution in [0, 0.1) is 23.0 Å². The number of pyridine rings is 1. The largest absolute Gasteiger partial charge is 0.456 e. The Balaban J connectivity index is 1.18. The fraction of sp³-hybridized carbons (Fsp3) is 0.333. The van der Waals surface area contributed by atoms with E-state index in [1.165, 1.54) is 40.3 Å². The SMILES string of the molecule is N#CC1(c2nccc(C(=O)COC(=O)[C@H]3CCC4CC(c5c(-n6cnnn6)ccc(Cl)c5F)=CC(=O)N43)c2F)COC1. The van der Waals surface area contributed by atoms with Crippen LogP contribution in [-0.2, 0) is 24.5 Å². The maximum atomic E-state index is 15.3. The number of tetrazole rings is 1. The molecule has 15 heteroatoms. The van der Waals surface area contributed by atoms with Gasteiger partial charge in [0.2, 0.25) is 11.7 Å². The van der Waals surface area contributed by atoms with E-state index in [1.807, 2.05) is 6.07 Å². The molecule has 0 saturated carbocycles. The first-order valence-electron chi connectivity index (χ1n) is 12.8. The summed E-state index contributed by atoms with van der Waals surface area (Å²) < 4.78 is 41.9. The van der Waals surface area contributed by atoms with Gasteiger partial charge in [0.25, 0.3) is 0 Å². The second-order valence-corrected chi connectivity index (χ2v) is 10.5. The van der Waals surface area contributed by atoms with Crippen molar-refractivity contribution in [1.29, 1.82) is 5.26 Å². The van der Waals surface area contributed by atoms with Crippen molar-refractivity contribution in [2.24, 2.45) is 0 Å². The first kappa shape index (κ1) is 27.6. The number of nitriles is 1. The number of hydrogen-bond acceptors (Lipinski definition) is 10. The third kappa shape index (κ3) is 4.50. The number of carbonyl (C=O) groups is 3. The number of fused-ring (bicyclic) bond motifs is 1. The topological polar surface area (TPSA) is 153 Å². The van der Waals surface area contributed by atoms with Gasteiger partial charge in [-0.15, -0.1) is 5.10 Å². The zero-order chi connectivity index (χ0) is 29.6. The first-order chi connectivity index (χ1) is 20.2. The van der Waals surface area contributed by atoms with E-state index < -0.39 is 53.4 Å². The van der Waals surface area contributed by atoms with Crippen LogP contribution >= 0.6 is 11.6 Å². The van der Waals surface area contributed by atoms with E-state index in [-0.39, 0.29) is 47.9 Å². The molecule has 0 aliphatic carbocycles. The molecule has 3 aliphatic heterocycles.